The molecule has 1 fully saturated rings. The Morgan fingerprint density at radius 2 is 2.26 bits per heavy atom. The van der Waals surface area contributed by atoms with Gasteiger partial charge in [-0.15, -0.1) is 0 Å². The Bertz CT molecular complexity index is 746. The van der Waals surface area contributed by atoms with Gasteiger partial charge in [-0.3, -0.25) is 0 Å². The number of benzene rings is 1. The van der Waals surface area contributed by atoms with Gasteiger partial charge in [-0.2, -0.15) is 0 Å². The van der Waals surface area contributed by atoms with E-state index in [1.54, 1.807) is 12.1 Å². The van der Waals surface area contributed by atoms with Crippen molar-refractivity contribution in [3.8, 4) is 5.75 Å². The summed E-state index contributed by atoms with van der Waals surface area (Å²) < 4.78 is 19.2. The molecule has 100 valence electrons. The van der Waals surface area contributed by atoms with Crippen molar-refractivity contribution in [2.45, 2.75) is 16.3 Å². The van der Waals surface area contributed by atoms with Crippen molar-refractivity contribution in [3.63, 3.8) is 0 Å². The molecular formula is C12H11IN2O4. The first kappa shape index (κ1) is 11.6. The number of fused-ring (bicyclic) bond motifs is 2. The second-order valence-electron chi connectivity index (χ2n) is 4.63. The zero-order chi connectivity index (χ0) is 13.2. The van der Waals surface area contributed by atoms with Crippen LogP contribution >= 0.6 is 20.4 Å². The van der Waals surface area contributed by atoms with Crippen LogP contribution in [0.3, 0.4) is 0 Å². The third-order valence-electron chi connectivity index (χ3n) is 3.40. The van der Waals surface area contributed by atoms with Crippen molar-refractivity contribution < 1.29 is 14.3 Å². The van der Waals surface area contributed by atoms with E-state index in [1.807, 2.05) is 6.07 Å². The Hall–Kier alpha value is -1.16. The van der Waals surface area contributed by atoms with Gasteiger partial charge in [-0.1, -0.05) is 0 Å². The van der Waals surface area contributed by atoms with Crippen LogP contribution in [0, 0.1) is 0 Å². The number of nitrogens with two attached hydrogens (primary N) is 1. The molecule has 1 aromatic carbocycles. The summed E-state index contributed by atoms with van der Waals surface area (Å²) in [7, 11) is 0. The summed E-state index contributed by atoms with van der Waals surface area (Å²) in [5.41, 5.74) is 0.989. The molecule has 2 atom stereocenters. The zero-order valence-corrected chi connectivity index (χ0v) is 11.9. The van der Waals surface area contributed by atoms with Crippen molar-refractivity contribution >= 4 is 31.3 Å². The number of rotatable bonds is 0. The van der Waals surface area contributed by atoms with Gasteiger partial charge in [0.1, 0.15) is 0 Å². The number of aliphatic hydroxyl groups excluding tert-OH is 1. The molecule has 0 amide bonds. The van der Waals surface area contributed by atoms with Crippen LogP contribution in [-0.2, 0) is 6.42 Å². The standard InChI is InChI=1S/C12H11IN2O4/c14-13-12(15-13)10(16)4-7-3-6-1-2-11(17)18-8(6)5-9(7)19-12/h1-3,5,10,15-16H,4,14H2. The zero-order valence-electron chi connectivity index (χ0n) is 9.72. The Kier molecular flexibility index (Phi) is 2.26. The van der Waals surface area contributed by atoms with E-state index in [4.69, 9.17) is 13.1 Å². The average molecular weight is 374 g/mol. The van der Waals surface area contributed by atoms with Gasteiger partial charge < -0.3 is 0 Å². The van der Waals surface area contributed by atoms with Crippen LogP contribution in [0.5, 0.6) is 5.75 Å². The normalized spacial score (nSPS) is 30.2. The van der Waals surface area contributed by atoms with Crippen LogP contribution in [0.2, 0.25) is 0 Å². The van der Waals surface area contributed by atoms with Gasteiger partial charge in [0.25, 0.3) is 0 Å². The summed E-state index contributed by atoms with van der Waals surface area (Å²) in [4.78, 5) is 11.2. The fourth-order valence-corrected chi connectivity index (χ4v) is 5.77. The quantitative estimate of drug-likeness (QED) is 0.156. The molecule has 2 aliphatic rings. The Morgan fingerprint density at radius 3 is 3.00 bits per heavy atom. The van der Waals surface area contributed by atoms with Gasteiger partial charge in [-0.05, 0) is 0 Å². The van der Waals surface area contributed by atoms with E-state index in [0.29, 0.717) is 17.8 Å². The number of hydrogen-bond acceptors (Lipinski definition) is 6. The topological polar surface area (TPSA) is 108 Å². The van der Waals surface area contributed by atoms with E-state index in [9.17, 15) is 9.90 Å². The summed E-state index contributed by atoms with van der Waals surface area (Å²) >= 11 is -1.88. The number of hydrogen-bond donors (Lipinski definition) is 3. The fraction of sp³-hybridized carbons (Fsp3) is 0.250. The van der Waals surface area contributed by atoms with Gasteiger partial charge >= 0.3 is 115 Å². The minimum atomic E-state index is -1.88. The van der Waals surface area contributed by atoms with Crippen molar-refractivity contribution in [2.24, 2.45) is 3.95 Å². The molecule has 1 saturated heterocycles. The predicted octanol–water partition coefficient (Wildman–Crippen LogP) is 0.641. The first-order chi connectivity index (χ1) is 9.08. The third kappa shape index (κ3) is 1.62. The molecule has 19 heavy (non-hydrogen) atoms. The summed E-state index contributed by atoms with van der Waals surface area (Å²) in [6, 6.07) is 6.66. The molecule has 7 heteroatoms. The molecule has 4 rings (SSSR count). The van der Waals surface area contributed by atoms with E-state index in [-0.39, 0.29) is 0 Å². The second kappa shape index (κ2) is 3.69. The Balaban J connectivity index is 1.88. The summed E-state index contributed by atoms with van der Waals surface area (Å²) in [6.45, 7) is 0. The second-order valence-corrected chi connectivity index (χ2v) is 8.55. The molecule has 0 radical (unpaired) electrons. The number of aliphatic hydroxyl groups is 1. The van der Waals surface area contributed by atoms with Crippen molar-refractivity contribution in [2.75, 3.05) is 0 Å². The molecule has 0 aliphatic carbocycles. The van der Waals surface area contributed by atoms with Crippen molar-refractivity contribution in [1.82, 2.24) is 3.53 Å². The third-order valence-corrected chi connectivity index (χ3v) is 7.18. The van der Waals surface area contributed by atoms with Crippen molar-refractivity contribution in [1.29, 1.82) is 0 Å². The number of ether oxygens (including phenoxy) is 1. The monoisotopic (exact) mass is 374 g/mol. The van der Waals surface area contributed by atoms with Crippen LogP contribution in [0.4, 0.5) is 0 Å². The maximum atomic E-state index is 11.2. The van der Waals surface area contributed by atoms with Crippen LogP contribution in [0.15, 0.2) is 33.5 Å². The predicted molar refractivity (Wildman–Crippen MR) is 76.9 cm³/mol. The van der Waals surface area contributed by atoms with E-state index in [2.05, 4.69) is 3.53 Å². The van der Waals surface area contributed by atoms with E-state index in [1.165, 1.54) is 6.07 Å². The molecule has 6 nitrogen and oxygen atoms in total. The first-order valence-corrected chi connectivity index (χ1v) is 9.14. The minimum absolute atomic E-state index is 0.394. The Morgan fingerprint density at radius 1 is 1.47 bits per heavy atom. The molecule has 0 bridgehead atoms. The molecule has 2 aromatic rings. The average Bonchev–Trinajstić information content (AvgIpc) is 3.00. The van der Waals surface area contributed by atoms with Gasteiger partial charge in [0.2, 0.25) is 0 Å². The number of alkyl halides is 1. The summed E-state index contributed by atoms with van der Waals surface area (Å²) in [6.07, 6.45) is -0.133. The number of nitrogens with one attached hydrogen (secondary N) is 1. The number of halogens is 1. The fourth-order valence-electron chi connectivity index (χ4n) is 2.35. The van der Waals surface area contributed by atoms with Crippen LogP contribution in [0.1, 0.15) is 5.56 Å². The van der Waals surface area contributed by atoms with Crippen molar-refractivity contribution in [3.05, 3.63) is 40.2 Å². The SMILES string of the molecule is NI1NC12Oc1cc3oc(=O)ccc3cc1CC2O. The first-order valence-electron chi connectivity index (χ1n) is 5.74. The molecule has 1 aromatic heterocycles. The molecule has 4 N–H and O–H groups in total. The molecule has 3 heterocycles. The van der Waals surface area contributed by atoms with Gasteiger partial charge in [0, 0.05) is 0 Å². The van der Waals surface area contributed by atoms with Crippen LogP contribution in [-0.4, -0.2) is 14.9 Å². The summed E-state index contributed by atoms with van der Waals surface area (Å²) in [5.74, 6) is 0.630. The van der Waals surface area contributed by atoms with Gasteiger partial charge in [0.05, 0.1) is 0 Å². The molecule has 1 spiro atoms. The summed E-state index contributed by atoms with van der Waals surface area (Å²) in [5, 5.41) is 10.9. The Labute approximate surface area is 115 Å². The van der Waals surface area contributed by atoms with Crippen LogP contribution in [0.25, 0.3) is 11.0 Å². The van der Waals surface area contributed by atoms with E-state index in [0.717, 1.165) is 10.9 Å². The van der Waals surface area contributed by atoms with E-state index < -0.39 is 35.8 Å². The van der Waals surface area contributed by atoms with E-state index >= 15 is 0 Å². The molecule has 2 unspecified atom stereocenters. The van der Waals surface area contributed by atoms with Gasteiger partial charge in [-0.25, -0.2) is 0 Å². The molecular weight excluding hydrogens is 363 g/mol. The molecule has 2 aliphatic heterocycles. The maximum absolute atomic E-state index is 11.2. The molecule has 0 saturated carbocycles. The van der Waals surface area contributed by atoms with Gasteiger partial charge in [0.15, 0.2) is 0 Å². The van der Waals surface area contributed by atoms with Crippen LogP contribution < -0.4 is 17.8 Å².